The summed E-state index contributed by atoms with van der Waals surface area (Å²) < 4.78 is 0. The number of H-pyrrole nitrogens is 1. The molecule has 0 unspecified atom stereocenters. The Balaban J connectivity index is 1.54. The largest absolute Gasteiger partial charge is 0.351 e. The normalized spacial score (nSPS) is 10.3. The third-order valence-corrected chi connectivity index (χ3v) is 3.74. The van der Waals surface area contributed by atoms with Crippen molar-refractivity contribution in [2.24, 2.45) is 0 Å². The van der Waals surface area contributed by atoms with Gasteiger partial charge in [-0.25, -0.2) is 4.98 Å². The molecule has 0 bridgehead atoms. The number of nitrogens with one attached hydrogen (secondary N) is 3. The molecule has 0 fully saturated rings. The minimum atomic E-state index is -0.279. The molecule has 7 heteroatoms. The Morgan fingerprint density at radius 2 is 1.88 bits per heavy atom. The quantitative estimate of drug-likeness (QED) is 0.637. The third kappa shape index (κ3) is 4.32. The lowest BCUT2D eigenvalue weighted by molar-refractivity contribution is -0.116. The first-order valence-corrected chi connectivity index (χ1v) is 8.24. The highest BCUT2D eigenvalue weighted by molar-refractivity contribution is 6.00. The molecule has 0 saturated carbocycles. The van der Waals surface area contributed by atoms with E-state index in [9.17, 15) is 9.59 Å². The number of aromatic amines is 1. The molecular weight excluding hydrogens is 330 g/mol. The molecule has 7 nitrogen and oxygen atoms in total. The minimum absolute atomic E-state index is 0.153. The van der Waals surface area contributed by atoms with E-state index in [1.54, 1.807) is 6.07 Å². The van der Waals surface area contributed by atoms with Gasteiger partial charge in [-0.15, -0.1) is 0 Å². The summed E-state index contributed by atoms with van der Waals surface area (Å²) in [5.41, 5.74) is 2.79. The van der Waals surface area contributed by atoms with Crippen molar-refractivity contribution >= 4 is 17.6 Å². The molecule has 0 aliphatic heterocycles. The second-order valence-corrected chi connectivity index (χ2v) is 5.74. The van der Waals surface area contributed by atoms with Gasteiger partial charge in [0.15, 0.2) is 0 Å². The van der Waals surface area contributed by atoms with E-state index in [-0.39, 0.29) is 24.8 Å². The van der Waals surface area contributed by atoms with Crippen LogP contribution in [0, 0.1) is 6.92 Å². The molecule has 0 saturated heterocycles. The highest BCUT2D eigenvalue weighted by atomic mass is 16.2. The van der Waals surface area contributed by atoms with Crippen molar-refractivity contribution in [3.8, 4) is 11.3 Å². The van der Waals surface area contributed by atoms with E-state index in [4.69, 9.17) is 0 Å². The van der Waals surface area contributed by atoms with Gasteiger partial charge in [0.05, 0.1) is 17.5 Å². The van der Waals surface area contributed by atoms with Gasteiger partial charge in [-0.3, -0.25) is 14.7 Å². The van der Waals surface area contributed by atoms with E-state index < -0.39 is 0 Å². The number of carbonyl (C=O) groups is 2. The number of pyridine rings is 1. The number of nitrogens with zero attached hydrogens (tertiary/aromatic N) is 2. The van der Waals surface area contributed by atoms with Gasteiger partial charge in [-0.1, -0.05) is 36.4 Å². The Hall–Kier alpha value is -3.48. The van der Waals surface area contributed by atoms with Crippen LogP contribution in [0.5, 0.6) is 0 Å². The fourth-order valence-corrected chi connectivity index (χ4v) is 2.49. The molecule has 3 aromatic rings. The van der Waals surface area contributed by atoms with Gasteiger partial charge in [-0.2, -0.15) is 5.10 Å². The molecule has 3 N–H and O–H groups in total. The van der Waals surface area contributed by atoms with Crippen LogP contribution in [0.4, 0.5) is 5.82 Å². The summed E-state index contributed by atoms with van der Waals surface area (Å²) in [6.45, 7) is 2.07. The zero-order chi connectivity index (χ0) is 18.4. The molecule has 0 aliphatic rings. The second-order valence-electron chi connectivity index (χ2n) is 5.74. The average Bonchev–Trinajstić information content (AvgIpc) is 3.12. The summed E-state index contributed by atoms with van der Waals surface area (Å²) in [5, 5.41) is 12.2. The monoisotopic (exact) mass is 349 g/mol. The molecule has 2 amide bonds. The number of carbonyl (C=O) groups excluding carboxylic acids is 2. The zero-order valence-electron chi connectivity index (χ0n) is 14.3. The van der Waals surface area contributed by atoms with Crippen molar-refractivity contribution in [1.82, 2.24) is 20.5 Å². The lowest BCUT2D eigenvalue weighted by atomic mass is 10.1. The van der Waals surface area contributed by atoms with Gasteiger partial charge < -0.3 is 10.6 Å². The van der Waals surface area contributed by atoms with E-state index in [1.807, 2.05) is 49.4 Å². The third-order valence-electron chi connectivity index (χ3n) is 3.74. The first kappa shape index (κ1) is 17.3. The Kier molecular flexibility index (Phi) is 5.38. The number of amides is 2. The van der Waals surface area contributed by atoms with Gasteiger partial charge in [-0.05, 0) is 19.1 Å². The number of aromatic nitrogens is 3. The van der Waals surface area contributed by atoms with Crippen molar-refractivity contribution in [2.75, 3.05) is 11.9 Å². The molecule has 1 aromatic carbocycles. The van der Waals surface area contributed by atoms with E-state index in [2.05, 4.69) is 25.8 Å². The summed E-state index contributed by atoms with van der Waals surface area (Å²) in [7, 11) is 0. The molecule has 0 radical (unpaired) electrons. The minimum Gasteiger partial charge on any atom is -0.351 e. The van der Waals surface area contributed by atoms with Crippen LogP contribution in [0.1, 0.15) is 22.5 Å². The molecule has 0 spiro atoms. The van der Waals surface area contributed by atoms with Gasteiger partial charge in [0.2, 0.25) is 5.91 Å². The Morgan fingerprint density at radius 1 is 1.08 bits per heavy atom. The fraction of sp³-hybridized carbons (Fsp3) is 0.158. The standard InChI is InChI=1S/C19H19N5O2/c1-13-6-5-9-16(22-13)23-17(25)10-11-20-19(26)15-12-21-24-18(15)14-7-3-2-4-8-14/h2-9,12H,10-11H2,1H3,(H,20,26)(H,21,24)(H,22,23,25). The summed E-state index contributed by atoms with van der Waals surface area (Å²) in [6, 6.07) is 14.9. The van der Waals surface area contributed by atoms with Crippen LogP contribution in [-0.2, 0) is 4.79 Å². The van der Waals surface area contributed by atoms with E-state index >= 15 is 0 Å². The fourth-order valence-electron chi connectivity index (χ4n) is 2.49. The SMILES string of the molecule is Cc1cccc(NC(=O)CCNC(=O)c2cn[nH]c2-c2ccccc2)n1. The predicted octanol–water partition coefficient (Wildman–Crippen LogP) is 2.54. The van der Waals surface area contributed by atoms with Crippen LogP contribution in [0.15, 0.2) is 54.7 Å². The number of aryl methyl sites for hydroxylation is 1. The number of hydrogen-bond acceptors (Lipinski definition) is 4. The molecule has 2 heterocycles. The zero-order valence-corrected chi connectivity index (χ0v) is 14.3. The van der Waals surface area contributed by atoms with Crippen LogP contribution < -0.4 is 10.6 Å². The number of rotatable bonds is 6. The van der Waals surface area contributed by atoms with Crippen molar-refractivity contribution in [3.63, 3.8) is 0 Å². The van der Waals surface area contributed by atoms with Crippen molar-refractivity contribution in [3.05, 3.63) is 66.0 Å². The Labute approximate surface area is 150 Å². The first-order valence-electron chi connectivity index (χ1n) is 8.24. The van der Waals surface area contributed by atoms with Gasteiger partial charge >= 0.3 is 0 Å². The van der Waals surface area contributed by atoms with Crippen LogP contribution >= 0.6 is 0 Å². The molecule has 3 rings (SSSR count). The van der Waals surface area contributed by atoms with Crippen molar-refractivity contribution in [1.29, 1.82) is 0 Å². The molecule has 132 valence electrons. The van der Waals surface area contributed by atoms with E-state index in [1.165, 1.54) is 6.20 Å². The number of benzene rings is 1. The van der Waals surface area contributed by atoms with Gasteiger partial charge in [0, 0.05) is 24.2 Å². The summed E-state index contributed by atoms with van der Waals surface area (Å²) in [4.78, 5) is 28.5. The van der Waals surface area contributed by atoms with Crippen LogP contribution in [0.25, 0.3) is 11.3 Å². The Morgan fingerprint density at radius 3 is 2.65 bits per heavy atom. The van der Waals surface area contributed by atoms with E-state index in [0.717, 1.165) is 11.3 Å². The highest BCUT2D eigenvalue weighted by Crippen LogP contribution is 2.20. The van der Waals surface area contributed by atoms with Crippen LogP contribution in [0.2, 0.25) is 0 Å². The predicted molar refractivity (Wildman–Crippen MR) is 98.6 cm³/mol. The lowest BCUT2D eigenvalue weighted by Crippen LogP contribution is -2.28. The lowest BCUT2D eigenvalue weighted by Gasteiger charge is -2.07. The summed E-state index contributed by atoms with van der Waals surface area (Å²) >= 11 is 0. The maximum atomic E-state index is 12.4. The topological polar surface area (TPSA) is 99.8 Å². The van der Waals surface area contributed by atoms with Crippen LogP contribution in [-0.4, -0.2) is 33.5 Å². The molecule has 2 aromatic heterocycles. The molecule has 0 aliphatic carbocycles. The van der Waals surface area contributed by atoms with Crippen LogP contribution in [0.3, 0.4) is 0 Å². The summed E-state index contributed by atoms with van der Waals surface area (Å²) in [5.74, 6) is 0.0143. The van der Waals surface area contributed by atoms with Crippen molar-refractivity contribution < 1.29 is 9.59 Å². The molecule has 0 atom stereocenters. The maximum Gasteiger partial charge on any atom is 0.255 e. The van der Waals surface area contributed by atoms with Gasteiger partial charge in [0.25, 0.3) is 5.91 Å². The second kappa shape index (κ2) is 8.06. The van der Waals surface area contributed by atoms with E-state index in [0.29, 0.717) is 17.1 Å². The summed E-state index contributed by atoms with van der Waals surface area (Å²) in [6.07, 6.45) is 1.63. The van der Waals surface area contributed by atoms with Gasteiger partial charge in [0.1, 0.15) is 5.82 Å². The first-order chi connectivity index (χ1) is 12.6. The number of hydrogen-bond donors (Lipinski definition) is 3. The maximum absolute atomic E-state index is 12.4. The van der Waals surface area contributed by atoms with Crippen molar-refractivity contribution in [2.45, 2.75) is 13.3 Å². The molecular formula is C19H19N5O2. The smallest absolute Gasteiger partial charge is 0.255 e. The average molecular weight is 349 g/mol. The molecule has 26 heavy (non-hydrogen) atoms. The highest BCUT2D eigenvalue weighted by Gasteiger charge is 2.15. The number of anilines is 1. The Bertz CT molecular complexity index is 905.